The SMILES string of the molecule is CC/C=C\C/C=C\C/C=C\CCCCCC(=O)OCC(COC(=O)CCCCCCCCCCCCCC)OC(=O)CCCCCCC/C=C\CCCCCC. The summed E-state index contributed by atoms with van der Waals surface area (Å²) in [6.07, 6.45) is 52.3. The Hall–Kier alpha value is -2.63. The molecule has 0 N–H and O–H groups in total. The van der Waals surface area contributed by atoms with Crippen LogP contribution < -0.4 is 0 Å². The zero-order valence-corrected chi connectivity index (χ0v) is 36.9. The first-order valence-corrected chi connectivity index (χ1v) is 23.6. The van der Waals surface area contributed by atoms with E-state index in [0.717, 1.165) is 96.3 Å². The number of hydrogen-bond donors (Lipinski definition) is 0. The highest BCUT2D eigenvalue weighted by Crippen LogP contribution is 2.14. The Bertz CT molecular complexity index is 996. The maximum atomic E-state index is 12.7. The Morgan fingerprint density at radius 2 is 0.696 bits per heavy atom. The lowest BCUT2D eigenvalue weighted by Crippen LogP contribution is -2.30. The molecule has 0 aromatic heterocycles. The summed E-state index contributed by atoms with van der Waals surface area (Å²) in [4.78, 5) is 37.8. The number of hydrogen-bond acceptors (Lipinski definition) is 6. The van der Waals surface area contributed by atoms with Gasteiger partial charge in [-0.3, -0.25) is 14.4 Å². The minimum atomic E-state index is -0.784. The van der Waals surface area contributed by atoms with Crippen LogP contribution >= 0.6 is 0 Å². The molecule has 0 radical (unpaired) electrons. The van der Waals surface area contributed by atoms with Gasteiger partial charge in [0.1, 0.15) is 13.2 Å². The molecular weight excluding hydrogens is 697 g/mol. The fourth-order valence-electron chi connectivity index (χ4n) is 6.51. The lowest BCUT2D eigenvalue weighted by atomic mass is 10.0. The van der Waals surface area contributed by atoms with Gasteiger partial charge in [0, 0.05) is 19.3 Å². The van der Waals surface area contributed by atoms with Crippen molar-refractivity contribution in [1.82, 2.24) is 0 Å². The van der Waals surface area contributed by atoms with Gasteiger partial charge in [0.05, 0.1) is 0 Å². The summed E-state index contributed by atoms with van der Waals surface area (Å²) in [5, 5.41) is 0. The van der Waals surface area contributed by atoms with Crippen molar-refractivity contribution < 1.29 is 28.6 Å². The van der Waals surface area contributed by atoms with E-state index in [1.54, 1.807) is 0 Å². The lowest BCUT2D eigenvalue weighted by Gasteiger charge is -2.18. The van der Waals surface area contributed by atoms with E-state index in [-0.39, 0.29) is 31.1 Å². The van der Waals surface area contributed by atoms with Gasteiger partial charge in [0.15, 0.2) is 6.10 Å². The Labute approximate surface area is 346 Å². The number of carbonyl (C=O) groups is 3. The molecule has 0 aromatic carbocycles. The topological polar surface area (TPSA) is 78.9 Å². The second-order valence-electron chi connectivity index (χ2n) is 15.6. The van der Waals surface area contributed by atoms with Crippen LogP contribution in [0.1, 0.15) is 233 Å². The van der Waals surface area contributed by atoms with E-state index in [2.05, 4.69) is 69.4 Å². The van der Waals surface area contributed by atoms with Crippen molar-refractivity contribution in [1.29, 1.82) is 0 Å². The molecular formula is C50H88O6. The second kappa shape index (κ2) is 45.1. The zero-order valence-electron chi connectivity index (χ0n) is 36.9. The Balaban J connectivity index is 4.43. The van der Waals surface area contributed by atoms with Crippen molar-refractivity contribution in [3.05, 3.63) is 48.6 Å². The van der Waals surface area contributed by atoms with Gasteiger partial charge in [-0.15, -0.1) is 0 Å². The highest BCUT2D eigenvalue weighted by atomic mass is 16.6. The molecule has 56 heavy (non-hydrogen) atoms. The standard InChI is InChI=1S/C50H88O6/c1-4-7-10-13-16-19-22-25-28-31-34-37-40-43-49(52)55-46-47(45-54-48(51)42-39-36-33-30-27-24-21-18-15-12-9-6-3)56-50(53)44-41-38-35-32-29-26-23-20-17-14-11-8-5-2/h7,10,16,19-20,23,25,28,47H,4-6,8-9,11-15,17-18,21-22,24,26-27,29-46H2,1-3H3/b10-7-,19-16-,23-20-,28-25-. The van der Waals surface area contributed by atoms with Gasteiger partial charge in [-0.2, -0.15) is 0 Å². The van der Waals surface area contributed by atoms with Gasteiger partial charge in [0.2, 0.25) is 0 Å². The smallest absolute Gasteiger partial charge is 0.306 e. The summed E-state index contributed by atoms with van der Waals surface area (Å²) in [6.45, 7) is 6.47. The monoisotopic (exact) mass is 785 g/mol. The summed E-state index contributed by atoms with van der Waals surface area (Å²) in [5.41, 5.74) is 0. The average molecular weight is 785 g/mol. The van der Waals surface area contributed by atoms with Gasteiger partial charge >= 0.3 is 17.9 Å². The summed E-state index contributed by atoms with van der Waals surface area (Å²) >= 11 is 0. The normalized spacial score (nSPS) is 12.4. The molecule has 0 amide bonds. The second-order valence-corrected chi connectivity index (χ2v) is 15.6. The van der Waals surface area contributed by atoms with Gasteiger partial charge in [-0.25, -0.2) is 0 Å². The fourth-order valence-corrected chi connectivity index (χ4v) is 6.51. The Morgan fingerprint density at radius 1 is 0.375 bits per heavy atom. The summed E-state index contributed by atoms with van der Waals surface area (Å²) in [5.74, 6) is -0.922. The quantitative estimate of drug-likeness (QED) is 0.0265. The summed E-state index contributed by atoms with van der Waals surface area (Å²) < 4.78 is 16.7. The maximum Gasteiger partial charge on any atom is 0.306 e. The van der Waals surface area contributed by atoms with E-state index in [9.17, 15) is 14.4 Å². The predicted molar refractivity (Wildman–Crippen MR) is 238 cm³/mol. The maximum absolute atomic E-state index is 12.7. The third-order valence-electron chi connectivity index (χ3n) is 10.1. The molecule has 0 fully saturated rings. The minimum Gasteiger partial charge on any atom is -0.462 e. The van der Waals surface area contributed by atoms with Crippen molar-refractivity contribution in [3.8, 4) is 0 Å². The van der Waals surface area contributed by atoms with Gasteiger partial charge in [-0.1, -0.05) is 185 Å². The number of allylic oxidation sites excluding steroid dienone is 8. The van der Waals surface area contributed by atoms with E-state index in [1.165, 1.54) is 96.3 Å². The summed E-state index contributed by atoms with van der Waals surface area (Å²) in [7, 11) is 0. The molecule has 0 aliphatic rings. The molecule has 0 saturated carbocycles. The van der Waals surface area contributed by atoms with Crippen LogP contribution in [0.15, 0.2) is 48.6 Å². The van der Waals surface area contributed by atoms with E-state index >= 15 is 0 Å². The molecule has 0 rings (SSSR count). The van der Waals surface area contributed by atoms with Crippen LogP contribution in [-0.2, 0) is 28.6 Å². The predicted octanol–water partition coefficient (Wildman–Crippen LogP) is 15.1. The van der Waals surface area contributed by atoms with E-state index < -0.39 is 6.10 Å². The fraction of sp³-hybridized carbons (Fsp3) is 0.780. The first-order valence-electron chi connectivity index (χ1n) is 23.6. The van der Waals surface area contributed by atoms with Crippen molar-refractivity contribution in [2.24, 2.45) is 0 Å². The Morgan fingerprint density at radius 3 is 1.14 bits per heavy atom. The minimum absolute atomic E-state index is 0.0841. The molecule has 324 valence electrons. The number of ether oxygens (including phenoxy) is 3. The number of esters is 3. The van der Waals surface area contributed by atoms with Crippen molar-refractivity contribution >= 4 is 17.9 Å². The van der Waals surface area contributed by atoms with Crippen molar-refractivity contribution in [2.45, 2.75) is 239 Å². The molecule has 0 aromatic rings. The van der Waals surface area contributed by atoms with Gasteiger partial charge in [-0.05, 0) is 77.0 Å². The van der Waals surface area contributed by atoms with E-state index in [0.29, 0.717) is 19.3 Å². The van der Waals surface area contributed by atoms with Crippen LogP contribution in [-0.4, -0.2) is 37.2 Å². The van der Waals surface area contributed by atoms with Crippen LogP contribution in [0.3, 0.4) is 0 Å². The molecule has 0 bridgehead atoms. The lowest BCUT2D eigenvalue weighted by molar-refractivity contribution is -0.167. The number of unbranched alkanes of at least 4 members (excludes halogenated alkanes) is 23. The molecule has 6 heteroatoms. The molecule has 0 saturated heterocycles. The Kier molecular flexibility index (Phi) is 43.0. The molecule has 0 aliphatic carbocycles. The number of rotatable bonds is 42. The van der Waals surface area contributed by atoms with E-state index in [1.807, 2.05) is 0 Å². The molecule has 6 nitrogen and oxygen atoms in total. The number of carbonyl (C=O) groups excluding carboxylic acids is 3. The molecule has 1 unspecified atom stereocenters. The van der Waals surface area contributed by atoms with Gasteiger partial charge < -0.3 is 14.2 Å². The van der Waals surface area contributed by atoms with E-state index in [4.69, 9.17) is 14.2 Å². The van der Waals surface area contributed by atoms with Crippen LogP contribution in [0.5, 0.6) is 0 Å². The van der Waals surface area contributed by atoms with Gasteiger partial charge in [0.25, 0.3) is 0 Å². The highest BCUT2D eigenvalue weighted by molar-refractivity contribution is 5.71. The summed E-state index contributed by atoms with van der Waals surface area (Å²) in [6, 6.07) is 0. The van der Waals surface area contributed by atoms with Crippen LogP contribution in [0.4, 0.5) is 0 Å². The first-order chi connectivity index (χ1) is 27.5. The molecule has 1 atom stereocenters. The van der Waals surface area contributed by atoms with Crippen LogP contribution in [0.25, 0.3) is 0 Å². The molecule has 0 aliphatic heterocycles. The average Bonchev–Trinajstić information content (AvgIpc) is 3.19. The molecule has 0 spiro atoms. The van der Waals surface area contributed by atoms with Crippen molar-refractivity contribution in [3.63, 3.8) is 0 Å². The highest BCUT2D eigenvalue weighted by Gasteiger charge is 2.19. The van der Waals surface area contributed by atoms with Crippen LogP contribution in [0, 0.1) is 0 Å². The van der Waals surface area contributed by atoms with Crippen molar-refractivity contribution in [2.75, 3.05) is 13.2 Å². The largest absolute Gasteiger partial charge is 0.462 e. The first kappa shape index (κ1) is 53.4. The zero-order chi connectivity index (χ0) is 40.8. The third kappa shape index (κ3) is 42.5. The third-order valence-corrected chi connectivity index (χ3v) is 10.1. The van der Waals surface area contributed by atoms with Crippen LogP contribution in [0.2, 0.25) is 0 Å². The molecule has 0 heterocycles.